The molecule has 1 saturated heterocycles. The minimum atomic E-state index is -1.88. The summed E-state index contributed by atoms with van der Waals surface area (Å²) in [6, 6.07) is 2.33. The number of anilines is 1. The molecule has 1 fully saturated rings. The number of oxime groups is 1. The molecule has 4 aliphatic heterocycles. The van der Waals surface area contributed by atoms with Gasteiger partial charge in [-0.25, -0.2) is 29.6 Å². The first-order valence-electron chi connectivity index (χ1n) is 17.4. The molecule has 61 heavy (non-hydrogen) atoms. The van der Waals surface area contributed by atoms with Crippen molar-refractivity contribution in [2.75, 3.05) is 23.9 Å². The lowest BCUT2D eigenvalue weighted by Gasteiger charge is -2.49. The smallest absolute Gasteiger partial charge is 0.428 e. The molecule has 2 atom stereocenters. The number of rotatable bonds is 13. The van der Waals surface area contributed by atoms with Gasteiger partial charge in [-0.2, -0.15) is 5.01 Å². The predicted molar refractivity (Wildman–Crippen MR) is 216 cm³/mol. The second-order valence-electron chi connectivity index (χ2n) is 13.2. The van der Waals surface area contributed by atoms with Crippen molar-refractivity contribution in [3.05, 3.63) is 57.2 Å². The Morgan fingerprint density at radius 3 is 2.44 bits per heavy atom. The number of nitrogen functional groups attached to an aromatic ring is 1. The largest absolute Gasteiger partial charge is 0.477 e. The average Bonchev–Trinajstić information content (AvgIpc) is 3.84. The summed E-state index contributed by atoms with van der Waals surface area (Å²) in [6.45, 7) is 4.58. The Hall–Kier alpha value is -7.00. The molecule has 320 valence electrons. The van der Waals surface area contributed by atoms with Gasteiger partial charge in [0.2, 0.25) is 11.6 Å². The maximum atomic E-state index is 13.7. The molecule has 6 rings (SSSR count). The predicted octanol–water partition coefficient (Wildman–Crippen LogP) is 0.458. The molecule has 2 aromatic rings. The number of nitrogens with zero attached hydrogens (tertiary/aromatic N) is 7. The zero-order chi connectivity index (χ0) is 44.3. The number of allylic oxidation sites excluding steroid dienone is 1. The number of nitrogens with one attached hydrogen (secondary N) is 3. The Kier molecular flexibility index (Phi) is 12.6. The number of hydrogen-bond acceptors (Lipinski definition) is 20. The molecule has 1 unspecified atom stereocenters. The molecular weight excluding hydrogens is 867 g/mol. The van der Waals surface area contributed by atoms with E-state index in [1.54, 1.807) is 6.08 Å². The van der Waals surface area contributed by atoms with Crippen molar-refractivity contribution < 1.29 is 62.9 Å². The van der Waals surface area contributed by atoms with Crippen molar-refractivity contribution in [2.24, 2.45) is 15.1 Å². The Morgan fingerprint density at radius 1 is 1.07 bits per heavy atom. The molecule has 0 spiro atoms. The van der Waals surface area contributed by atoms with E-state index < -0.39 is 70.4 Å². The maximum absolute atomic E-state index is 13.7. The third kappa shape index (κ3) is 9.42. The fourth-order valence-electron chi connectivity index (χ4n) is 5.60. The van der Waals surface area contributed by atoms with Crippen molar-refractivity contribution in [1.29, 1.82) is 0 Å². The fraction of sp³-hybridized carbons (Fsp3) is 0.294. The molecule has 5 amide bonds. The number of carboxylic acid groups (broad SMARTS) is 2. The molecule has 4 aliphatic rings. The van der Waals surface area contributed by atoms with Crippen LogP contribution in [0.3, 0.4) is 0 Å². The molecule has 1 aromatic carbocycles. The normalized spacial score (nSPS) is 18.2. The monoisotopic (exact) mass is 899 g/mol. The van der Waals surface area contributed by atoms with E-state index >= 15 is 0 Å². The molecule has 0 aliphatic carbocycles. The zero-order valence-electron chi connectivity index (χ0n) is 32.1. The highest BCUT2D eigenvalue weighted by atomic mass is 32.2. The number of hydrogen-bond donors (Lipinski definition) is 6. The Bertz CT molecular complexity index is 2410. The summed E-state index contributed by atoms with van der Waals surface area (Å²) in [4.78, 5) is 119. The van der Waals surface area contributed by atoms with Gasteiger partial charge in [-0.3, -0.25) is 44.5 Å². The number of guanidine groups is 1. The first-order valence-corrected chi connectivity index (χ1v) is 20.3. The van der Waals surface area contributed by atoms with Gasteiger partial charge in [-0.1, -0.05) is 5.16 Å². The summed E-state index contributed by atoms with van der Waals surface area (Å²) < 4.78 is 10.0. The number of aliphatic imine (C=N–C) groups is 2. The summed E-state index contributed by atoms with van der Waals surface area (Å²) in [6.07, 6.45) is 1.73. The Morgan fingerprint density at radius 2 is 1.79 bits per heavy atom. The number of nitrogens with two attached hydrogens (primary N) is 1. The lowest BCUT2D eigenvalue weighted by molar-refractivity contribution is -0.150. The number of β-lactam (4-membered cyclic amide) rings is 1. The van der Waals surface area contributed by atoms with Crippen LogP contribution in [-0.2, 0) is 33.6 Å². The quantitative estimate of drug-likeness (QED) is 0.0523. The first-order chi connectivity index (χ1) is 28.9. The van der Waals surface area contributed by atoms with Crippen LogP contribution in [0, 0.1) is 0 Å². The summed E-state index contributed by atoms with van der Waals surface area (Å²) >= 11 is 3.27. The number of carbonyl (C=O) groups is 8. The van der Waals surface area contributed by atoms with E-state index in [2.05, 4.69) is 36.3 Å². The van der Waals surface area contributed by atoms with E-state index in [1.165, 1.54) is 54.3 Å². The first kappa shape index (κ1) is 43.6. The number of hydrazine groups is 2. The molecule has 7 N–H and O–H groups in total. The molecule has 0 saturated carbocycles. The molecular formula is C34H33N11O13S3. The number of esters is 2. The van der Waals surface area contributed by atoms with Crippen LogP contribution in [0.15, 0.2) is 61.1 Å². The van der Waals surface area contributed by atoms with Crippen molar-refractivity contribution in [2.45, 2.75) is 44.7 Å². The van der Waals surface area contributed by atoms with E-state index in [1.807, 2.05) is 0 Å². The van der Waals surface area contributed by atoms with Crippen molar-refractivity contribution >= 4 is 106 Å². The van der Waals surface area contributed by atoms with Gasteiger partial charge in [0.15, 0.2) is 22.3 Å². The van der Waals surface area contributed by atoms with Gasteiger partial charge in [0.1, 0.15) is 34.5 Å². The number of carboxylic acids is 1. The molecule has 0 radical (unpaired) electrons. The summed E-state index contributed by atoms with van der Waals surface area (Å²) in [5.74, 6) is -6.41. The third-order valence-electron chi connectivity index (χ3n) is 8.44. The van der Waals surface area contributed by atoms with Crippen LogP contribution in [0.5, 0.6) is 11.5 Å². The van der Waals surface area contributed by atoms with E-state index in [4.69, 9.17) is 20.0 Å². The van der Waals surface area contributed by atoms with E-state index in [-0.39, 0.29) is 57.7 Å². The number of amides is 5. The number of aromatic nitrogens is 1. The highest BCUT2D eigenvalue weighted by Gasteiger charge is 2.54. The van der Waals surface area contributed by atoms with E-state index in [0.29, 0.717) is 10.6 Å². The molecule has 0 bridgehead atoms. The van der Waals surface area contributed by atoms with Crippen LogP contribution in [0.1, 0.15) is 43.7 Å². The number of aliphatic carboxylic acids is 1. The van der Waals surface area contributed by atoms with Gasteiger partial charge in [0.05, 0.1) is 0 Å². The highest BCUT2D eigenvalue weighted by Crippen LogP contribution is 2.42. The lowest BCUT2D eigenvalue weighted by Crippen LogP contribution is -2.71. The van der Waals surface area contributed by atoms with E-state index in [9.17, 15) is 48.6 Å². The minimum Gasteiger partial charge on any atom is -0.477 e. The summed E-state index contributed by atoms with van der Waals surface area (Å²) in [5, 5.41) is 29.4. The SMILES string of the molecule is CC(=O)Oc1ccc(C(=O)NNC(=O)C(C)(C)ON=C(C(=O)NC2C(=O)N3C(C(=O)O)=C(CSC4=CC=NC5=NCN(C(=O)O)N45)CS[C@H]23)c2csc(N)n2)cc1OC(C)=O. The molecule has 24 nitrogen and oxygen atoms in total. The molecule has 1 aromatic heterocycles. The van der Waals surface area contributed by atoms with Crippen molar-refractivity contribution in [3.63, 3.8) is 0 Å². The number of thioether (sulfide) groups is 2. The average molecular weight is 900 g/mol. The Balaban J connectivity index is 1.11. The topological polar surface area (TPSA) is 327 Å². The number of benzene rings is 1. The molecule has 27 heteroatoms. The number of fused-ring (bicyclic) bond motifs is 2. The molecule has 5 heterocycles. The van der Waals surface area contributed by atoms with Gasteiger partial charge in [-0.05, 0) is 43.7 Å². The third-order valence-corrected chi connectivity index (χ3v) is 11.5. The van der Waals surface area contributed by atoms with Crippen LogP contribution < -0.4 is 31.4 Å². The number of ether oxygens (including phenoxy) is 2. The van der Waals surface area contributed by atoms with Crippen LogP contribution in [-0.4, -0.2) is 131 Å². The second kappa shape index (κ2) is 17.7. The van der Waals surface area contributed by atoms with Crippen molar-refractivity contribution in [1.82, 2.24) is 36.1 Å². The maximum Gasteiger partial charge on any atom is 0.428 e. The van der Waals surface area contributed by atoms with Crippen LogP contribution in [0.25, 0.3) is 0 Å². The Labute approximate surface area is 355 Å². The van der Waals surface area contributed by atoms with Crippen LogP contribution >= 0.6 is 34.9 Å². The lowest BCUT2D eigenvalue weighted by atomic mass is 10.0. The summed E-state index contributed by atoms with van der Waals surface area (Å²) in [7, 11) is 0. The number of carbonyl (C=O) groups excluding carboxylic acids is 6. The highest BCUT2D eigenvalue weighted by molar-refractivity contribution is 8.03. The van der Waals surface area contributed by atoms with Gasteiger partial charge < -0.3 is 35.6 Å². The van der Waals surface area contributed by atoms with Crippen molar-refractivity contribution in [3.8, 4) is 11.5 Å². The zero-order valence-corrected chi connectivity index (χ0v) is 34.5. The van der Waals surface area contributed by atoms with Gasteiger partial charge in [0, 0.05) is 42.5 Å². The van der Waals surface area contributed by atoms with Gasteiger partial charge >= 0.3 is 24.0 Å². The standard InChI is InChI=1S/C34H33N11O13S3/c1-14(46)56-19-6-5-16(9-20(19)57-15(2)47)25(48)40-41-30(53)34(3,4)58-42-22(18-12-61-31(35)38-18)26(49)39-23-27(50)44-24(29(51)52)17(11-60-28(23)44)10-59-21-7-8-36-32-37-13-43(33(54)55)45(21)32/h5-9,12,23,28H,10-11,13H2,1-4H3,(H2,35,38)(H,39,49)(H,40,48)(H,41,53)(H,51,52)(H,54,55)/t23?,28-/m1/s1. The minimum absolute atomic E-state index is 0.0449. The van der Waals surface area contributed by atoms with E-state index in [0.717, 1.165) is 52.9 Å². The van der Waals surface area contributed by atoms with Crippen LogP contribution in [0.4, 0.5) is 9.93 Å². The van der Waals surface area contributed by atoms with Gasteiger partial charge in [-0.15, -0.1) is 34.9 Å². The van der Waals surface area contributed by atoms with Crippen LogP contribution in [0.2, 0.25) is 0 Å². The second-order valence-corrected chi connectivity index (χ2v) is 16.1. The summed E-state index contributed by atoms with van der Waals surface area (Å²) in [5.41, 5.74) is 7.66. The number of thiazole rings is 1. The fourth-order valence-corrected chi connectivity index (χ4v) is 8.64. The van der Waals surface area contributed by atoms with Gasteiger partial charge in [0.25, 0.3) is 23.6 Å².